The molecular formula is C19H24N2O4. The number of nitrogens with zero attached hydrogens (tertiary/aromatic N) is 2. The molecule has 1 unspecified atom stereocenters. The SMILES string of the molecule is CN(/N=C1/CCCC(=O)C1C(=O)c1ccccc1)C(=O)OC(C)(C)C. The van der Waals surface area contributed by atoms with E-state index in [0.717, 1.165) is 5.01 Å². The van der Waals surface area contributed by atoms with Crippen LogP contribution < -0.4 is 0 Å². The van der Waals surface area contributed by atoms with Crippen molar-refractivity contribution < 1.29 is 19.1 Å². The van der Waals surface area contributed by atoms with Gasteiger partial charge < -0.3 is 4.74 Å². The molecule has 2 rings (SSSR count). The summed E-state index contributed by atoms with van der Waals surface area (Å²) in [6.45, 7) is 5.28. The van der Waals surface area contributed by atoms with Gasteiger partial charge >= 0.3 is 6.09 Å². The number of hydrogen-bond donors (Lipinski definition) is 0. The molecule has 134 valence electrons. The van der Waals surface area contributed by atoms with E-state index in [1.54, 1.807) is 45.0 Å². The van der Waals surface area contributed by atoms with E-state index in [9.17, 15) is 14.4 Å². The number of ether oxygens (including phenoxy) is 1. The summed E-state index contributed by atoms with van der Waals surface area (Å²) in [7, 11) is 1.46. The molecule has 1 saturated carbocycles. The maximum atomic E-state index is 12.8. The highest BCUT2D eigenvalue weighted by Crippen LogP contribution is 2.23. The lowest BCUT2D eigenvalue weighted by Gasteiger charge is -2.25. The molecule has 25 heavy (non-hydrogen) atoms. The minimum atomic E-state index is -0.930. The maximum absolute atomic E-state index is 12.8. The highest BCUT2D eigenvalue weighted by Gasteiger charge is 2.35. The Morgan fingerprint density at radius 1 is 1.16 bits per heavy atom. The average molecular weight is 344 g/mol. The molecule has 0 heterocycles. The molecule has 1 aromatic carbocycles. The normalized spacial score (nSPS) is 19.6. The second-order valence-corrected chi connectivity index (χ2v) is 7.08. The van der Waals surface area contributed by atoms with Crippen LogP contribution in [0, 0.1) is 5.92 Å². The van der Waals surface area contributed by atoms with Crippen LogP contribution in [0.1, 0.15) is 50.4 Å². The van der Waals surface area contributed by atoms with Crippen LogP contribution in [0.2, 0.25) is 0 Å². The van der Waals surface area contributed by atoms with Gasteiger partial charge in [-0.2, -0.15) is 5.10 Å². The van der Waals surface area contributed by atoms with Gasteiger partial charge in [0.25, 0.3) is 0 Å². The van der Waals surface area contributed by atoms with E-state index < -0.39 is 17.6 Å². The highest BCUT2D eigenvalue weighted by atomic mass is 16.6. The van der Waals surface area contributed by atoms with Gasteiger partial charge in [0.2, 0.25) is 0 Å². The predicted octanol–water partition coefficient (Wildman–Crippen LogP) is 3.46. The molecule has 1 aliphatic carbocycles. The first kappa shape index (κ1) is 18.8. The molecule has 1 fully saturated rings. The standard InChI is InChI=1S/C19H24N2O4/c1-19(2,3)25-18(24)21(4)20-14-11-8-12-15(22)16(14)17(23)13-9-6-5-7-10-13/h5-7,9-10,16H,8,11-12H2,1-4H3/b20-14-. The molecule has 1 atom stereocenters. The Bertz CT molecular complexity index is 689. The molecule has 0 saturated heterocycles. The number of ketones is 2. The summed E-state index contributed by atoms with van der Waals surface area (Å²) in [6, 6.07) is 8.68. The van der Waals surface area contributed by atoms with Crippen molar-refractivity contribution in [1.82, 2.24) is 5.01 Å². The Morgan fingerprint density at radius 2 is 1.80 bits per heavy atom. The average Bonchev–Trinajstić information content (AvgIpc) is 2.53. The number of hydrazone groups is 1. The van der Waals surface area contributed by atoms with Gasteiger partial charge in [0.1, 0.15) is 17.3 Å². The van der Waals surface area contributed by atoms with E-state index in [1.165, 1.54) is 7.05 Å². The monoisotopic (exact) mass is 344 g/mol. The third-order valence-electron chi connectivity index (χ3n) is 3.77. The molecule has 0 aliphatic heterocycles. The van der Waals surface area contributed by atoms with Crippen molar-refractivity contribution in [3.8, 4) is 0 Å². The lowest BCUT2D eigenvalue weighted by molar-refractivity contribution is -0.120. The fourth-order valence-corrected chi connectivity index (χ4v) is 2.65. The number of benzene rings is 1. The van der Waals surface area contributed by atoms with Gasteiger partial charge in [-0.1, -0.05) is 30.3 Å². The van der Waals surface area contributed by atoms with Crippen molar-refractivity contribution in [2.75, 3.05) is 7.05 Å². The van der Waals surface area contributed by atoms with Crippen LogP contribution >= 0.6 is 0 Å². The minimum Gasteiger partial charge on any atom is -0.442 e. The number of amides is 1. The van der Waals surface area contributed by atoms with Crippen molar-refractivity contribution >= 4 is 23.4 Å². The first-order chi connectivity index (χ1) is 11.7. The number of Topliss-reactive ketones (excluding diaryl/α,β-unsaturated/α-hetero) is 2. The van der Waals surface area contributed by atoms with E-state index in [2.05, 4.69) is 5.10 Å². The number of carbonyl (C=O) groups excluding carboxylic acids is 3. The second kappa shape index (κ2) is 7.59. The van der Waals surface area contributed by atoms with Gasteiger partial charge in [0.15, 0.2) is 5.78 Å². The Labute approximate surface area is 147 Å². The summed E-state index contributed by atoms with van der Waals surface area (Å²) < 4.78 is 5.26. The van der Waals surface area contributed by atoms with Crippen molar-refractivity contribution in [1.29, 1.82) is 0 Å². The lowest BCUT2D eigenvalue weighted by Crippen LogP contribution is -2.38. The van der Waals surface area contributed by atoms with Crippen LogP contribution in [0.3, 0.4) is 0 Å². The fraction of sp³-hybridized carbons (Fsp3) is 0.474. The summed E-state index contributed by atoms with van der Waals surface area (Å²) in [6.07, 6.45) is 0.850. The summed E-state index contributed by atoms with van der Waals surface area (Å²) in [4.78, 5) is 37.2. The summed E-state index contributed by atoms with van der Waals surface area (Å²) in [5.41, 5.74) is 0.238. The quantitative estimate of drug-likeness (QED) is 0.478. The molecule has 0 aromatic heterocycles. The summed E-state index contributed by atoms with van der Waals surface area (Å²) >= 11 is 0. The zero-order chi connectivity index (χ0) is 18.6. The number of hydrogen-bond acceptors (Lipinski definition) is 5. The molecule has 0 radical (unpaired) electrons. The van der Waals surface area contributed by atoms with Gasteiger partial charge in [-0.25, -0.2) is 9.80 Å². The van der Waals surface area contributed by atoms with E-state index in [1.807, 2.05) is 6.07 Å². The smallest absolute Gasteiger partial charge is 0.430 e. The molecular weight excluding hydrogens is 320 g/mol. The first-order valence-electron chi connectivity index (χ1n) is 8.35. The molecule has 0 N–H and O–H groups in total. The Kier molecular flexibility index (Phi) is 5.72. The molecule has 1 aliphatic rings. The predicted molar refractivity (Wildman–Crippen MR) is 94.6 cm³/mol. The van der Waals surface area contributed by atoms with Crippen LogP contribution in [0.4, 0.5) is 4.79 Å². The molecule has 1 amide bonds. The van der Waals surface area contributed by atoms with Gasteiger partial charge in [-0.05, 0) is 33.6 Å². The van der Waals surface area contributed by atoms with Crippen LogP contribution in [0.15, 0.2) is 35.4 Å². The van der Waals surface area contributed by atoms with Gasteiger partial charge in [0, 0.05) is 19.0 Å². The molecule has 0 spiro atoms. The van der Waals surface area contributed by atoms with Crippen LogP contribution in [0.5, 0.6) is 0 Å². The zero-order valence-corrected chi connectivity index (χ0v) is 15.1. The Hall–Kier alpha value is -2.50. The zero-order valence-electron chi connectivity index (χ0n) is 15.1. The highest BCUT2D eigenvalue weighted by molar-refractivity contribution is 6.26. The van der Waals surface area contributed by atoms with E-state index >= 15 is 0 Å². The second-order valence-electron chi connectivity index (χ2n) is 7.08. The van der Waals surface area contributed by atoms with Crippen LogP contribution in [-0.4, -0.2) is 41.0 Å². The molecule has 6 heteroatoms. The van der Waals surface area contributed by atoms with E-state index in [4.69, 9.17) is 4.74 Å². The van der Waals surface area contributed by atoms with Crippen LogP contribution in [-0.2, 0) is 9.53 Å². The largest absolute Gasteiger partial charge is 0.442 e. The summed E-state index contributed by atoms with van der Waals surface area (Å²) in [5, 5.41) is 5.29. The Morgan fingerprint density at radius 3 is 2.40 bits per heavy atom. The third kappa shape index (κ3) is 4.98. The van der Waals surface area contributed by atoms with Gasteiger partial charge in [-0.3, -0.25) is 9.59 Å². The van der Waals surface area contributed by atoms with Gasteiger partial charge in [-0.15, -0.1) is 0 Å². The van der Waals surface area contributed by atoms with Crippen molar-refractivity contribution in [3.63, 3.8) is 0 Å². The van der Waals surface area contributed by atoms with E-state index in [-0.39, 0.29) is 11.6 Å². The summed E-state index contributed by atoms with van der Waals surface area (Å²) in [5.74, 6) is -1.36. The number of rotatable bonds is 3. The Balaban J connectivity index is 2.25. The topological polar surface area (TPSA) is 76.0 Å². The van der Waals surface area contributed by atoms with Crippen molar-refractivity contribution in [3.05, 3.63) is 35.9 Å². The van der Waals surface area contributed by atoms with Gasteiger partial charge in [0.05, 0.1) is 5.71 Å². The number of carbonyl (C=O) groups is 3. The van der Waals surface area contributed by atoms with Crippen molar-refractivity contribution in [2.24, 2.45) is 11.0 Å². The molecule has 1 aromatic rings. The first-order valence-corrected chi connectivity index (χ1v) is 8.35. The maximum Gasteiger partial charge on any atom is 0.430 e. The van der Waals surface area contributed by atoms with Crippen molar-refractivity contribution in [2.45, 2.75) is 45.6 Å². The molecule has 0 bridgehead atoms. The minimum absolute atomic E-state index is 0.156. The third-order valence-corrected chi connectivity index (χ3v) is 3.77. The molecule has 6 nitrogen and oxygen atoms in total. The lowest BCUT2D eigenvalue weighted by atomic mass is 9.81. The van der Waals surface area contributed by atoms with Crippen LogP contribution in [0.25, 0.3) is 0 Å². The fourth-order valence-electron chi connectivity index (χ4n) is 2.65. The van der Waals surface area contributed by atoms with E-state index in [0.29, 0.717) is 30.5 Å².